The van der Waals surface area contributed by atoms with Crippen LogP contribution >= 0.6 is 0 Å². The lowest BCUT2D eigenvalue weighted by molar-refractivity contribution is -0.990. The zero-order valence-corrected chi connectivity index (χ0v) is 18.2. The highest BCUT2D eigenvalue weighted by molar-refractivity contribution is 6.11. The van der Waals surface area contributed by atoms with Crippen molar-refractivity contribution in [2.45, 2.75) is 25.7 Å². The first-order valence-corrected chi connectivity index (χ1v) is 9.98. The first kappa shape index (κ1) is 25.9. The number of ketones is 1. The summed E-state index contributed by atoms with van der Waals surface area (Å²) in [4.78, 5) is 36.7. The Balaban J connectivity index is 2.12. The van der Waals surface area contributed by atoms with Crippen LogP contribution < -0.4 is 20.7 Å². The van der Waals surface area contributed by atoms with E-state index >= 15 is 0 Å². The number of nitrogens with one attached hydrogen (secondary N) is 3. The van der Waals surface area contributed by atoms with E-state index in [-0.39, 0.29) is 53.4 Å². The number of anilines is 1. The molecule has 2 aromatic rings. The predicted octanol–water partition coefficient (Wildman–Crippen LogP) is 1.18. The average Bonchev–Trinajstić information content (AvgIpc) is 2.81. The van der Waals surface area contributed by atoms with Crippen LogP contribution in [0.4, 0.5) is 11.4 Å². The van der Waals surface area contributed by atoms with E-state index in [0.29, 0.717) is 0 Å². The normalized spacial score (nSPS) is 11.8. The van der Waals surface area contributed by atoms with Crippen LogP contribution in [-0.2, 0) is 9.59 Å². The van der Waals surface area contributed by atoms with Crippen molar-refractivity contribution in [2.24, 2.45) is 5.10 Å². The Bertz CT molecular complexity index is 1120. The number of carbonyl (C=O) groups is 3. The van der Waals surface area contributed by atoms with Crippen molar-refractivity contribution in [2.75, 3.05) is 12.4 Å². The summed E-state index contributed by atoms with van der Waals surface area (Å²) < 4.78 is 4.99. The zero-order valence-electron chi connectivity index (χ0n) is 18.2. The molecule has 12 nitrogen and oxygen atoms in total. The number of ether oxygens (including phenoxy) is 1. The standard InChI is InChI=1S/C22H23N5O7/c1-34-20-12-14(6-8-18(20)28)19(29)13-15(25-26-22(31)10-11-23)7-9-21(30)24-16-4-2-3-5-17(16)27(32)33/h2-6,8,12,27-28,32H,7,9-10,13H2,1H3,(H,24,30)(H,26,31)/b25-15-. The van der Waals surface area contributed by atoms with E-state index in [1.165, 1.54) is 43.5 Å². The number of hydrogen-bond acceptors (Lipinski definition) is 9. The van der Waals surface area contributed by atoms with Crippen LogP contribution in [0.25, 0.3) is 0 Å². The molecule has 0 aromatic heterocycles. The average molecular weight is 469 g/mol. The molecule has 0 aliphatic heterocycles. The number of nitrogens with zero attached hydrogens (tertiary/aromatic N) is 2. The summed E-state index contributed by atoms with van der Waals surface area (Å²) in [6, 6.07) is 11.6. The Morgan fingerprint density at radius 2 is 1.91 bits per heavy atom. The summed E-state index contributed by atoms with van der Waals surface area (Å²) in [5.74, 6) is -1.66. The van der Waals surface area contributed by atoms with E-state index in [1.54, 1.807) is 12.1 Å². The van der Waals surface area contributed by atoms with Crippen LogP contribution in [0.3, 0.4) is 0 Å². The molecule has 178 valence electrons. The lowest BCUT2D eigenvalue weighted by Gasteiger charge is -2.16. The van der Waals surface area contributed by atoms with Crippen molar-refractivity contribution in [3.63, 3.8) is 0 Å². The number of phenols is 1. The molecular formula is C22H23N5O7. The highest BCUT2D eigenvalue weighted by Crippen LogP contribution is 2.27. The second kappa shape index (κ2) is 12.7. The van der Waals surface area contributed by atoms with Crippen LogP contribution in [-0.4, -0.2) is 40.7 Å². The molecule has 0 bridgehead atoms. The molecule has 34 heavy (non-hydrogen) atoms. The van der Waals surface area contributed by atoms with Crippen molar-refractivity contribution < 1.29 is 34.7 Å². The number of carbonyl (C=O) groups excluding carboxylic acids is 3. The summed E-state index contributed by atoms with van der Waals surface area (Å²) in [6.07, 6.45) is -0.895. The first-order valence-electron chi connectivity index (χ1n) is 9.98. The van der Waals surface area contributed by atoms with Gasteiger partial charge in [0.1, 0.15) is 12.1 Å². The summed E-state index contributed by atoms with van der Waals surface area (Å²) in [7, 11) is 1.34. The molecule has 2 rings (SSSR count). The molecule has 1 atom stereocenters. The molecule has 0 aliphatic rings. The highest BCUT2D eigenvalue weighted by Gasteiger charge is 2.16. The maximum absolute atomic E-state index is 12.7. The van der Waals surface area contributed by atoms with Gasteiger partial charge in [-0.05, 0) is 30.7 Å². The van der Waals surface area contributed by atoms with E-state index in [9.17, 15) is 29.9 Å². The van der Waals surface area contributed by atoms with E-state index in [2.05, 4.69) is 15.8 Å². The number of methoxy groups -OCH3 is 1. The molecule has 0 spiro atoms. The molecule has 12 heteroatoms. The third-order valence-corrected chi connectivity index (χ3v) is 4.52. The monoisotopic (exact) mass is 469 g/mol. The molecular weight excluding hydrogens is 446 g/mol. The van der Waals surface area contributed by atoms with Crippen molar-refractivity contribution in [1.29, 1.82) is 5.26 Å². The van der Waals surface area contributed by atoms with Crippen LogP contribution in [0.15, 0.2) is 47.6 Å². The molecule has 0 saturated heterocycles. The number of Topliss-reactive ketones (excluding diaryl/α,β-unsaturated/α-hetero) is 1. The summed E-state index contributed by atoms with van der Waals surface area (Å²) in [5, 5.41) is 44.0. The molecule has 0 aliphatic carbocycles. The van der Waals surface area contributed by atoms with Crippen LogP contribution in [0, 0.1) is 16.5 Å². The number of hydrazone groups is 1. The van der Waals surface area contributed by atoms with Crippen LogP contribution in [0.2, 0.25) is 0 Å². The van der Waals surface area contributed by atoms with E-state index < -0.39 is 29.2 Å². The minimum Gasteiger partial charge on any atom is -0.595 e. The van der Waals surface area contributed by atoms with Crippen LogP contribution in [0.1, 0.15) is 36.0 Å². The minimum absolute atomic E-state index is 0.0329. The van der Waals surface area contributed by atoms with Gasteiger partial charge in [-0.1, -0.05) is 12.1 Å². The second-order valence-electron chi connectivity index (χ2n) is 6.93. The lowest BCUT2D eigenvalue weighted by Crippen LogP contribution is -2.99. The fourth-order valence-corrected chi connectivity index (χ4v) is 2.82. The van der Waals surface area contributed by atoms with Gasteiger partial charge in [-0.3, -0.25) is 14.4 Å². The van der Waals surface area contributed by atoms with E-state index in [1.807, 2.05) is 0 Å². The topological polar surface area (TPSA) is 189 Å². The van der Waals surface area contributed by atoms with Gasteiger partial charge in [-0.2, -0.15) is 15.6 Å². The number of amides is 2. The lowest BCUT2D eigenvalue weighted by atomic mass is 10.0. The van der Waals surface area contributed by atoms with Crippen molar-refractivity contribution in [3.05, 3.63) is 53.2 Å². The molecule has 0 heterocycles. The molecule has 1 unspecified atom stereocenters. The highest BCUT2D eigenvalue weighted by atomic mass is 16.8. The van der Waals surface area contributed by atoms with Gasteiger partial charge in [0, 0.05) is 23.8 Å². The van der Waals surface area contributed by atoms with Gasteiger partial charge in [0.05, 0.1) is 19.6 Å². The van der Waals surface area contributed by atoms with E-state index in [4.69, 9.17) is 10.00 Å². The van der Waals surface area contributed by atoms with Gasteiger partial charge in [-0.25, -0.2) is 10.6 Å². The number of para-hydroxylation sites is 2. The SMILES string of the molecule is COc1cc(C(=O)C/C(CCC(=O)Nc2ccccc2[NH+]([O-])O)=N\NC(=O)CC#N)ccc1O. The smallest absolute Gasteiger partial charge is 0.254 e. The Morgan fingerprint density at radius 1 is 1.18 bits per heavy atom. The first-order chi connectivity index (χ1) is 16.2. The Kier molecular flexibility index (Phi) is 9.66. The summed E-state index contributed by atoms with van der Waals surface area (Å²) >= 11 is 0. The molecule has 5 N–H and O–H groups in total. The fourth-order valence-electron chi connectivity index (χ4n) is 2.82. The van der Waals surface area contributed by atoms with Crippen molar-refractivity contribution in [3.8, 4) is 17.6 Å². The summed E-state index contributed by atoms with van der Waals surface area (Å²) in [6.45, 7) is 0. The molecule has 0 fully saturated rings. The largest absolute Gasteiger partial charge is 0.595 e. The number of benzene rings is 2. The molecule has 2 amide bonds. The number of aromatic hydroxyl groups is 1. The van der Waals surface area contributed by atoms with Crippen molar-refractivity contribution >= 4 is 34.7 Å². The Morgan fingerprint density at radius 3 is 2.59 bits per heavy atom. The third kappa shape index (κ3) is 7.68. The third-order valence-electron chi connectivity index (χ3n) is 4.52. The van der Waals surface area contributed by atoms with E-state index in [0.717, 1.165) is 0 Å². The number of quaternary nitrogens is 1. The van der Waals surface area contributed by atoms with Gasteiger partial charge in [-0.15, -0.1) is 0 Å². The van der Waals surface area contributed by atoms with Gasteiger partial charge >= 0.3 is 0 Å². The zero-order chi connectivity index (χ0) is 25.1. The minimum atomic E-state index is -1.20. The van der Waals surface area contributed by atoms with Crippen LogP contribution in [0.5, 0.6) is 11.5 Å². The Labute approximate surface area is 194 Å². The number of phenolic OH excluding ortho intramolecular Hbond substituents is 1. The second-order valence-corrected chi connectivity index (χ2v) is 6.93. The maximum atomic E-state index is 12.7. The Hall–Kier alpha value is -4.31. The van der Waals surface area contributed by atoms with Gasteiger partial charge in [0.15, 0.2) is 23.0 Å². The van der Waals surface area contributed by atoms with Crippen molar-refractivity contribution in [1.82, 2.24) is 5.43 Å². The molecule has 0 saturated carbocycles. The number of rotatable bonds is 11. The molecule has 2 aromatic carbocycles. The predicted molar refractivity (Wildman–Crippen MR) is 119 cm³/mol. The number of nitriles is 1. The maximum Gasteiger partial charge on any atom is 0.254 e. The van der Waals surface area contributed by atoms with Gasteiger partial charge < -0.3 is 20.4 Å². The summed E-state index contributed by atoms with van der Waals surface area (Å²) in [5.41, 5.74) is 2.58. The number of hydrogen-bond donors (Lipinski definition) is 5. The van der Waals surface area contributed by atoms with Gasteiger partial charge in [0.25, 0.3) is 5.91 Å². The quantitative estimate of drug-likeness (QED) is 0.184. The fraction of sp³-hybridized carbons (Fsp3) is 0.227. The molecule has 0 radical (unpaired) electrons. The van der Waals surface area contributed by atoms with Gasteiger partial charge in [0.2, 0.25) is 5.91 Å².